The standard InChI is InChI=1S/C24H37N5O4/c1-17(2)14-20(24(31)27-18-8-4-3-5-9-18)28-21-16-25-19(15-26-21)11-12-22(30)29-33-23-10-6-7-13-32-23/h11-12,15-18,20,23H,3-10,13-14H2,1-2H3,(H,26,28)(H,27,31)(H,29,30)/t20-,23?/m1/s1. The predicted molar refractivity (Wildman–Crippen MR) is 126 cm³/mol. The first-order chi connectivity index (χ1) is 16.0. The first-order valence-corrected chi connectivity index (χ1v) is 12.1. The Bertz CT molecular complexity index is 772. The lowest BCUT2D eigenvalue weighted by Gasteiger charge is -2.27. The number of hydroxylamine groups is 1. The molecule has 9 heteroatoms. The van der Waals surface area contributed by atoms with Gasteiger partial charge < -0.3 is 15.4 Å². The highest BCUT2D eigenvalue weighted by atomic mass is 16.8. The van der Waals surface area contributed by atoms with E-state index in [9.17, 15) is 9.59 Å². The molecule has 3 rings (SSSR count). The van der Waals surface area contributed by atoms with Crippen molar-refractivity contribution in [3.05, 3.63) is 24.2 Å². The van der Waals surface area contributed by atoms with Gasteiger partial charge in [0.25, 0.3) is 5.91 Å². The van der Waals surface area contributed by atoms with Crippen LogP contribution in [0.2, 0.25) is 0 Å². The Labute approximate surface area is 196 Å². The van der Waals surface area contributed by atoms with Crippen LogP contribution in [0.4, 0.5) is 5.82 Å². The van der Waals surface area contributed by atoms with Gasteiger partial charge in [0.2, 0.25) is 5.91 Å². The van der Waals surface area contributed by atoms with Gasteiger partial charge in [-0.1, -0.05) is 33.1 Å². The zero-order valence-electron chi connectivity index (χ0n) is 19.7. The Morgan fingerprint density at radius 3 is 2.58 bits per heavy atom. The third kappa shape index (κ3) is 9.09. The number of aromatic nitrogens is 2. The molecule has 2 fully saturated rings. The molecule has 2 heterocycles. The minimum absolute atomic E-state index is 0.0139. The van der Waals surface area contributed by atoms with E-state index in [2.05, 4.69) is 39.9 Å². The molecule has 2 aliphatic rings. The zero-order valence-corrected chi connectivity index (χ0v) is 19.7. The van der Waals surface area contributed by atoms with Crippen molar-refractivity contribution in [2.24, 2.45) is 5.92 Å². The molecular weight excluding hydrogens is 422 g/mol. The van der Waals surface area contributed by atoms with Crippen LogP contribution < -0.4 is 16.1 Å². The smallest absolute Gasteiger partial charge is 0.267 e. The van der Waals surface area contributed by atoms with Gasteiger partial charge in [-0.2, -0.15) is 0 Å². The fourth-order valence-corrected chi connectivity index (χ4v) is 4.05. The van der Waals surface area contributed by atoms with Crippen molar-refractivity contribution in [2.45, 2.75) is 90.0 Å². The van der Waals surface area contributed by atoms with Gasteiger partial charge in [0.05, 0.1) is 18.1 Å². The summed E-state index contributed by atoms with van der Waals surface area (Å²) in [4.78, 5) is 38.7. The fourth-order valence-electron chi connectivity index (χ4n) is 4.05. The van der Waals surface area contributed by atoms with Crippen molar-refractivity contribution in [1.82, 2.24) is 20.8 Å². The SMILES string of the molecule is CC(C)C[C@@H](Nc1cnc(C=CC(=O)NOC2CCCCO2)cn1)C(=O)NC1CCCCC1. The van der Waals surface area contributed by atoms with Gasteiger partial charge in [0.1, 0.15) is 11.9 Å². The summed E-state index contributed by atoms with van der Waals surface area (Å²) in [6.07, 6.45) is 14.8. The zero-order chi connectivity index (χ0) is 23.5. The van der Waals surface area contributed by atoms with Crippen molar-refractivity contribution >= 4 is 23.7 Å². The van der Waals surface area contributed by atoms with E-state index in [1.807, 2.05) is 0 Å². The first-order valence-electron chi connectivity index (χ1n) is 12.1. The van der Waals surface area contributed by atoms with E-state index in [4.69, 9.17) is 9.57 Å². The summed E-state index contributed by atoms with van der Waals surface area (Å²) in [7, 11) is 0. The maximum atomic E-state index is 12.9. The monoisotopic (exact) mass is 459 g/mol. The van der Waals surface area contributed by atoms with Crippen molar-refractivity contribution in [3.8, 4) is 0 Å². The summed E-state index contributed by atoms with van der Waals surface area (Å²) >= 11 is 0. The molecule has 0 radical (unpaired) electrons. The molecule has 182 valence electrons. The molecule has 9 nitrogen and oxygen atoms in total. The van der Waals surface area contributed by atoms with Crippen molar-refractivity contribution < 1.29 is 19.2 Å². The molecule has 1 saturated carbocycles. The van der Waals surface area contributed by atoms with Gasteiger partial charge in [0.15, 0.2) is 6.29 Å². The minimum Gasteiger partial charge on any atom is -0.357 e. The van der Waals surface area contributed by atoms with Gasteiger partial charge in [-0.05, 0) is 44.1 Å². The molecule has 1 aliphatic heterocycles. The van der Waals surface area contributed by atoms with Crippen LogP contribution >= 0.6 is 0 Å². The summed E-state index contributed by atoms with van der Waals surface area (Å²) in [5, 5.41) is 6.42. The van der Waals surface area contributed by atoms with Crippen molar-refractivity contribution in [2.75, 3.05) is 11.9 Å². The average molecular weight is 460 g/mol. The van der Waals surface area contributed by atoms with Crippen LogP contribution in [0.1, 0.15) is 77.3 Å². The van der Waals surface area contributed by atoms with E-state index in [1.54, 1.807) is 18.5 Å². The molecule has 0 bridgehead atoms. The Morgan fingerprint density at radius 2 is 1.91 bits per heavy atom. The van der Waals surface area contributed by atoms with E-state index in [0.717, 1.165) is 32.1 Å². The third-order valence-corrected chi connectivity index (χ3v) is 5.80. The number of amides is 2. The summed E-state index contributed by atoms with van der Waals surface area (Å²) in [6, 6.07) is -0.103. The Kier molecular flexibility index (Phi) is 10.1. The number of ether oxygens (including phenoxy) is 1. The highest BCUT2D eigenvalue weighted by Gasteiger charge is 2.24. The van der Waals surface area contributed by atoms with Crippen LogP contribution in [-0.4, -0.2) is 46.8 Å². The summed E-state index contributed by atoms with van der Waals surface area (Å²) in [6.45, 7) is 4.83. The highest BCUT2D eigenvalue weighted by molar-refractivity contribution is 5.90. The van der Waals surface area contributed by atoms with Gasteiger partial charge in [0, 0.05) is 25.1 Å². The molecule has 3 N–H and O–H groups in total. The number of hydrogen-bond donors (Lipinski definition) is 3. The number of nitrogens with one attached hydrogen (secondary N) is 3. The van der Waals surface area contributed by atoms with E-state index < -0.39 is 12.2 Å². The average Bonchev–Trinajstić information content (AvgIpc) is 2.83. The summed E-state index contributed by atoms with van der Waals surface area (Å²) in [5.41, 5.74) is 2.89. The lowest BCUT2D eigenvalue weighted by Crippen LogP contribution is -2.46. The molecule has 2 atom stereocenters. The maximum Gasteiger partial charge on any atom is 0.267 e. The maximum absolute atomic E-state index is 12.9. The molecule has 1 aliphatic carbocycles. The molecule has 1 unspecified atom stereocenters. The van der Waals surface area contributed by atoms with Crippen LogP contribution in [0, 0.1) is 5.92 Å². The quantitative estimate of drug-likeness (QED) is 0.363. The normalized spacial score (nSPS) is 20.5. The van der Waals surface area contributed by atoms with Crippen LogP contribution in [0.5, 0.6) is 0 Å². The van der Waals surface area contributed by atoms with E-state index in [-0.39, 0.29) is 18.0 Å². The molecule has 33 heavy (non-hydrogen) atoms. The molecule has 1 saturated heterocycles. The van der Waals surface area contributed by atoms with Crippen LogP contribution in [0.15, 0.2) is 18.5 Å². The van der Waals surface area contributed by atoms with Crippen molar-refractivity contribution in [1.29, 1.82) is 0 Å². The second-order valence-electron chi connectivity index (χ2n) is 9.21. The molecular formula is C24H37N5O4. The molecule has 0 aromatic carbocycles. The van der Waals surface area contributed by atoms with Crippen LogP contribution in [0.25, 0.3) is 6.08 Å². The fraction of sp³-hybridized carbons (Fsp3) is 0.667. The Hall–Kier alpha value is -2.52. The van der Waals surface area contributed by atoms with Crippen LogP contribution in [-0.2, 0) is 19.2 Å². The number of hydrogen-bond acceptors (Lipinski definition) is 7. The van der Waals surface area contributed by atoms with Gasteiger partial charge in [-0.15, -0.1) is 0 Å². The lowest BCUT2D eigenvalue weighted by molar-refractivity contribution is -0.198. The number of carbonyl (C=O) groups is 2. The second kappa shape index (κ2) is 13.3. The topological polar surface area (TPSA) is 114 Å². The van der Waals surface area contributed by atoms with E-state index >= 15 is 0 Å². The van der Waals surface area contributed by atoms with Gasteiger partial charge >= 0.3 is 0 Å². The summed E-state index contributed by atoms with van der Waals surface area (Å²) in [5.74, 6) is 0.498. The van der Waals surface area contributed by atoms with Crippen LogP contribution in [0.3, 0.4) is 0 Å². The number of anilines is 1. The summed E-state index contributed by atoms with van der Waals surface area (Å²) < 4.78 is 5.40. The lowest BCUT2D eigenvalue weighted by atomic mass is 9.94. The highest BCUT2D eigenvalue weighted by Crippen LogP contribution is 2.19. The second-order valence-corrected chi connectivity index (χ2v) is 9.21. The Morgan fingerprint density at radius 1 is 1.12 bits per heavy atom. The van der Waals surface area contributed by atoms with Crippen molar-refractivity contribution in [3.63, 3.8) is 0 Å². The number of rotatable bonds is 10. The molecule has 1 aromatic heterocycles. The molecule has 1 aromatic rings. The minimum atomic E-state index is -0.399. The third-order valence-electron chi connectivity index (χ3n) is 5.80. The van der Waals surface area contributed by atoms with E-state index in [0.29, 0.717) is 30.5 Å². The van der Waals surface area contributed by atoms with Gasteiger partial charge in [-0.25, -0.2) is 15.3 Å². The first kappa shape index (κ1) is 25.1. The van der Waals surface area contributed by atoms with E-state index in [1.165, 1.54) is 25.3 Å². The predicted octanol–water partition coefficient (Wildman–Crippen LogP) is 3.34. The number of nitrogens with zero attached hydrogens (tertiary/aromatic N) is 2. The molecule has 0 spiro atoms. The molecule has 2 amide bonds. The Balaban J connectivity index is 1.49. The van der Waals surface area contributed by atoms with Gasteiger partial charge in [-0.3, -0.25) is 14.6 Å². The number of carbonyl (C=O) groups excluding carboxylic acids is 2. The largest absolute Gasteiger partial charge is 0.357 e.